The summed E-state index contributed by atoms with van der Waals surface area (Å²) in [5, 5.41) is 1.19. The molecule has 15 heavy (non-hydrogen) atoms. The summed E-state index contributed by atoms with van der Waals surface area (Å²) in [4.78, 5) is 0. The molecule has 1 rings (SSSR count). The van der Waals surface area contributed by atoms with E-state index in [0.29, 0.717) is 10.1 Å². The number of hydrogen-bond acceptors (Lipinski definition) is 0. The SMILES string of the molecule is CC(C)(C)[SiH](C1CCCCC1)C(C)(C)C. The van der Waals surface area contributed by atoms with E-state index in [0.717, 1.165) is 5.54 Å². The minimum Gasteiger partial charge on any atom is -0.0628 e. The Hall–Kier alpha value is 0.217. The molecule has 0 unspecified atom stereocenters. The number of rotatable bonds is 1. The van der Waals surface area contributed by atoms with E-state index in [1.807, 2.05) is 0 Å². The van der Waals surface area contributed by atoms with Gasteiger partial charge in [-0.2, -0.15) is 0 Å². The fourth-order valence-corrected chi connectivity index (χ4v) is 10.7. The third kappa shape index (κ3) is 3.62. The molecule has 0 nitrogen and oxygen atoms in total. The summed E-state index contributed by atoms with van der Waals surface area (Å²) in [6, 6.07) is 0. The van der Waals surface area contributed by atoms with Crippen LogP contribution in [0.25, 0.3) is 0 Å². The molecule has 0 aromatic rings. The molecule has 90 valence electrons. The van der Waals surface area contributed by atoms with Gasteiger partial charge < -0.3 is 0 Å². The molecule has 1 aliphatic rings. The predicted molar refractivity (Wildman–Crippen MR) is 73.4 cm³/mol. The van der Waals surface area contributed by atoms with Crippen molar-refractivity contribution in [2.45, 2.75) is 89.3 Å². The topological polar surface area (TPSA) is 0 Å². The second kappa shape index (κ2) is 4.61. The average Bonchev–Trinajstić information content (AvgIpc) is 2.00. The molecule has 0 atom stereocenters. The van der Waals surface area contributed by atoms with Crippen molar-refractivity contribution < 1.29 is 0 Å². The summed E-state index contributed by atoms with van der Waals surface area (Å²) in [5.41, 5.74) is 1.11. The van der Waals surface area contributed by atoms with Gasteiger partial charge in [0.05, 0.1) is 8.80 Å². The van der Waals surface area contributed by atoms with Gasteiger partial charge in [-0.1, -0.05) is 73.6 Å². The van der Waals surface area contributed by atoms with Gasteiger partial charge in [0, 0.05) is 0 Å². The highest BCUT2D eigenvalue weighted by Gasteiger charge is 2.41. The third-order valence-corrected chi connectivity index (χ3v) is 9.33. The van der Waals surface area contributed by atoms with E-state index in [1.54, 1.807) is 0 Å². The highest BCUT2D eigenvalue weighted by Crippen LogP contribution is 2.51. The van der Waals surface area contributed by atoms with Gasteiger partial charge in [-0.3, -0.25) is 0 Å². The minimum absolute atomic E-state index is 0.597. The Morgan fingerprint density at radius 3 is 1.47 bits per heavy atom. The van der Waals surface area contributed by atoms with Crippen LogP contribution in [0.4, 0.5) is 0 Å². The first kappa shape index (κ1) is 13.3. The van der Waals surface area contributed by atoms with E-state index in [-0.39, 0.29) is 0 Å². The minimum atomic E-state index is -0.692. The zero-order valence-electron chi connectivity index (χ0n) is 11.7. The standard InChI is InChI=1S/C14H30Si/c1-13(2,3)15(14(4,5)6)12-10-8-7-9-11-12/h12,15H,7-11H2,1-6H3. The van der Waals surface area contributed by atoms with Crippen molar-refractivity contribution in [1.29, 1.82) is 0 Å². The lowest BCUT2D eigenvalue weighted by molar-refractivity contribution is 0.469. The smallest absolute Gasteiger partial charge is 0.0508 e. The van der Waals surface area contributed by atoms with Crippen molar-refractivity contribution in [2.75, 3.05) is 0 Å². The Labute approximate surface area is 98.5 Å². The number of hydrogen-bond donors (Lipinski definition) is 0. The summed E-state index contributed by atoms with van der Waals surface area (Å²) in [6.45, 7) is 14.9. The van der Waals surface area contributed by atoms with Crippen molar-refractivity contribution in [3.63, 3.8) is 0 Å². The summed E-state index contributed by atoms with van der Waals surface area (Å²) in [7, 11) is -0.692. The lowest BCUT2D eigenvalue weighted by atomic mass is 10.00. The molecule has 0 heterocycles. The monoisotopic (exact) mass is 226 g/mol. The maximum absolute atomic E-state index is 2.49. The summed E-state index contributed by atoms with van der Waals surface area (Å²) in [6.07, 6.45) is 7.56. The first-order valence-electron chi connectivity index (χ1n) is 6.73. The van der Waals surface area contributed by atoms with Crippen molar-refractivity contribution in [1.82, 2.24) is 0 Å². The van der Waals surface area contributed by atoms with Gasteiger partial charge in [-0.15, -0.1) is 0 Å². The second-order valence-electron chi connectivity index (χ2n) is 7.61. The van der Waals surface area contributed by atoms with Crippen LogP contribution in [0.2, 0.25) is 15.6 Å². The summed E-state index contributed by atoms with van der Waals surface area (Å²) in [5.74, 6) is 0. The highest BCUT2D eigenvalue weighted by atomic mass is 28.3. The first-order valence-corrected chi connectivity index (χ1v) is 8.55. The second-order valence-corrected chi connectivity index (χ2v) is 13.0. The molecule has 0 N–H and O–H groups in total. The average molecular weight is 226 g/mol. The molecule has 0 bridgehead atoms. The molecular formula is C14H30Si. The van der Waals surface area contributed by atoms with Crippen LogP contribution < -0.4 is 0 Å². The van der Waals surface area contributed by atoms with Gasteiger partial charge in [-0.25, -0.2) is 0 Å². The molecule has 0 aromatic carbocycles. The molecule has 0 saturated heterocycles. The van der Waals surface area contributed by atoms with Crippen molar-refractivity contribution >= 4 is 8.80 Å². The van der Waals surface area contributed by atoms with Crippen LogP contribution in [0.15, 0.2) is 0 Å². The quantitative estimate of drug-likeness (QED) is 0.543. The van der Waals surface area contributed by atoms with Crippen LogP contribution in [0.3, 0.4) is 0 Å². The Morgan fingerprint density at radius 2 is 1.13 bits per heavy atom. The van der Waals surface area contributed by atoms with Crippen LogP contribution in [0, 0.1) is 0 Å². The van der Waals surface area contributed by atoms with Gasteiger partial charge in [-0.05, 0) is 15.6 Å². The zero-order valence-corrected chi connectivity index (χ0v) is 12.8. The fraction of sp³-hybridized carbons (Fsp3) is 1.00. The molecule has 0 spiro atoms. The Morgan fingerprint density at radius 1 is 0.733 bits per heavy atom. The first-order chi connectivity index (χ1) is 6.73. The van der Waals surface area contributed by atoms with Gasteiger partial charge in [0.15, 0.2) is 0 Å². The lowest BCUT2D eigenvalue weighted by Crippen LogP contribution is -2.40. The normalized spacial score (nSPS) is 21.0. The van der Waals surface area contributed by atoms with Crippen molar-refractivity contribution in [3.05, 3.63) is 0 Å². The van der Waals surface area contributed by atoms with Gasteiger partial charge in [0.1, 0.15) is 0 Å². The third-order valence-electron chi connectivity index (χ3n) is 3.99. The van der Waals surface area contributed by atoms with Gasteiger partial charge >= 0.3 is 0 Å². The van der Waals surface area contributed by atoms with Gasteiger partial charge in [0.25, 0.3) is 0 Å². The molecule has 0 radical (unpaired) electrons. The molecule has 0 aliphatic heterocycles. The maximum atomic E-state index is 2.49. The van der Waals surface area contributed by atoms with E-state index in [2.05, 4.69) is 41.5 Å². The van der Waals surface area contributed by atoms with E-state index in [9.17, 15) is 0 Å². The predicted octanol–water partition coefficient (Wildman–Crippen LogP) is 5.15. The van der Waals surface area contributed by atoms with Crippen LogP contribution in [0.1, 0.15) is 73.6 Å². The summed E-state index contributed by atoms with van der Waals surface area (Å²) < 4.78 is 0. The zero-order chi connectivity index (χ0) is 11.7. The van der Waals surface area contributed by atoms with E-state index < -0.39 is 8.80 Å². The molecule has 0 aromatic heterocycles. The maximum Gasteiger partial charge on any atom is 0.0508 e. The van der Waals surface area contributed by atoms with E-state index in [4.69, 9.17) is 0 Å². The van der Waals surface area contributed by atoms with E-state index >= 15 is 0 Å². The molecule has 0 amide bonds. The fourth-order valence-electron chi connectivity index (χ4n) is 4.18. The Bertz CT molecular complexity index is 174. The Balaban J connectivity index is 2.80. The molecule has 1 fully saturated rings. The lowest BCUT2D eigenvalue weighted by Gasteiger charge is -2.46. The van der Waals surface area contributed by atoms with Crippen LogP contribution >= 0.6 is 0 Å². The Kier molecular flexibility index (Phi) is 4.08. The van der Waals surface area contributed by atoms with Crippen LogP contribution in [-0.4, -0.2) is 8.80 Å². The largest absolute Gasteiger partial charge is 0.0628 e. The van der Waals surface area contributed by atoms with E-state index in [1.165, 1.54) is 32.1 Å². The molecule has 1 aliphatic carbocycles. The molecular weight excluding hydrogens is 196 g/mol. The van der Waals surface area contributed by atoms with Crippen molar-refractivity contribution in [2.24, 2.45) is 0 Å². The van der Waals surface area contributed by atoms with Crippen LogP contribution in [0.5, 0.6) is 0 Å². The highest BCUT2D eigenvalue weighted by molar-refractivity contribution is 6.66. The van der Waals surface area contributed by atoms with Crippen molar-refractivity contribution in [3.8, 4) is 0 Å². The summed E-state index contributed by atoms with van der Waals surface area (Å²) >= 11 is 0. The van der Waals surface area contributed by atoms with Crippen LogP contribution in [-0.2, 0) is 0 Å². The molecule has 1 heteroatoms. The molecule has 1 saturated carbocycles. The van der Waals surface area contributed by atoms with Gasteiger partial charge in [0.2, 0.25) is 0 Å².